The second-order valence-electron chi connectivity index (χ2n) is 13.6. The molecule has 0 bridgehead atoms. The maximum Gasteiger partial charge on any atom is 0.326 e. The SMILES string of the molecule is CC(=O)NCCC1(C(=O)NC(Cc2ccc(N3C(=O)C(Cc4ccc(Cl)cc4)N(C(=O)CCC(=O)O)C3c3ccc(Cl)cc3)cc2)C(=O)O)CCCC1. The molecule has 12 nitrogen and oxygen atoms in total. The Labute approximate surface area is 317 Å². The van der Waals surface area contributed by atoms with Crippen LogP contribution >= 0.6 is 23.2 Å². The van der Waals surface area contributed by atoms with Gasteiger partial charge in [-0.1, -0.05) is 72.4 Å². The molecule has 1 saturated carbocycles. The van der Waals surface area contributed by atoms with Gasteiger partial charge in [-0.3, -0.25) is 28.9 Å². The number of carboxylic acids is 2. The lowest BCUT2D eigenvalue weighted by atomic mass is 9.81. The molecule has 3 atom stereocenters. The van der Waals surface area contributed by atoms with E-state index < -0.39 is 53.8 Å². The molecule has 3 aromatic carbocycles. The van der Waals surface area contributed by atoms with Gasteiger partial charge < -0.3 is 25.7 Å². The largest absolute Gasteiger partial charge is 0.481 e. The van der Waals surface area contributed by atoms with Crippen LogP contribution in [0.2, 0.25) is 10.0 Å². The number of rotatable bonds is 15. The standard InChI is InChI=1S/C39H42Cl2N4O8/c1-24(46)42-21-20-39(18-2-3-19-39)38(53)43-31(37(51)52)22-25-6-14-30(15-7-25)44-35(27-8-12-29(41)13-9-27)45(33(47)16-17-34(48)49)32(36(44)50)23-26-4-10-28(40)11-5-26/h4-15,31-32,35H,2-3,16-23H2,1H3,(H,42,46)(H,43,53)(H,48,49)(H,51,52). The van der Waals surface area contributed by atoms with Crippen molar-refractivity contribution in [3.8, 4) is 0 Å². The second kappa shape index (κ2) is 17.3. The van der Waals surface area contributed by atoms with Crippen LogP contribution in [0.4, 0.5) is 5.69 Å². The zero-order valence-corrected chi connectivity index (χ0v) is 30.7. The average Bonchev–Trinajstić information content (AvgIpc) is 3.71. The van der Waals surface area contributed by atoms with Crippen LogP contribution < -0.4 is 15.5 Å². The molecular formula is C39H42Cl2N4O8. The highest BCUT2D eigenvalue weighted by atomic mass is 35.5. The lowest BCUT2D eigenvalue weighted by Gasteiger charge is -2.32. The molecule has 3 aromatic rings. The predicted molar refractivity (Wildman–Crippen MR) is 198 cm³/mol. The summed E-state index contributed by atoms with van der Waals surface area (Å²) in [7, 11) is 0. The summed E-state index contributed by atoms with van der Waals surface area (Å²) in [4.78, 5) is 80.0. The maximum absolute atomic E-state index is 14.4. The molecule has 53 heavy (non-hydrogen) atoms. The van der Waals surface area contributed by atoms with Gasteiger partial charge in [0.2, 0.25) is 17.7 Å². The number of aliphatic carboxylic acids is 2. The van der Waals surface area contributed by atoms with Crippen molar-refractivity contribution in [2.75, 3.05) is 11.4 Å². The minimum absolute atomic E-state index is 0.0311. The molecule has 3 unspecified atom stereocenters. The van der Waals surface area contributed by atoms with E-state index in [1.165, 1.54) is 16.7 Å². The molecule has 4 N–H and O–H groups in total. The van der Waals surface area contributed by atoms with Crippen LogP contribution in [-0.4, -0.2) is 69.3 Å². The lowest BCUT2D eigenvalue weighted by molar-refractivity contribution is -0.144. The minimum Gasteiger partial charge on any atom is -0.481 e. The normalized spacial score (nSPS) is 18.4. The summed E-state index contributed by atoms with van der Waals surface area (Å²) in [5, 5.41) is 25.9. The number of nitrogens with zero attached hydrogens (tertiary/aromatic N) is 2. The van der Waals surface area contributed by atoms with E-state index in [0.717, 1.165) is 18.4 Å². The van der Waals surface area contributed by atoms with Gasteiger partial charge in [0.25, 0.3) is 5.91 Å². The highest BCUT2D eigenvalue weighted by molar-refractivity contribution is 6.30. The third-order valence-electron chi connectivity index (χ3n) is 10.00. The van der Waals surface area contributed by atoms with Crippen molar-refractivity contribution in [1.82, 2.24) is 15.5 Å². The van der Waals surface area contributed by atoms with Crippen LogP contribution in [-0.2, 0) is 41.6 Å². The number of halogens is 2. The van der Waals surface area contributed by atoms with Crippen LogP contribution in [0.25, 0.3) is 0 Å². The molecule has 2 fully saturated rings. The molecule has 1 aliphatic heterocycles. The first kappa shape index (κ1) is 39.3. The summed E-state index contributed by atoms with van der Waals surface area (Å²) in [6.07, 6.45) is 1.70. The van der Waals surface area contributed by atoms with Crippen molar-refractivity contribution < 1.29 is 39.0 Å². The fourth-order valence-corrected chi connectivity index (χ4v) is 7.50. The Morgan fingerprint density at radius 1 is 0.849 bits per heavy atom. The Bertz CT molecular complexity index is 1830. The first-order chi connectivity index (χ1) is 25.3. The quantitative estimate of drug-likeness (QED) is 0.156. The lowest BCUT2D eigenvalue weighted by Crippen LogP contribution is -2.49. The van der Waals surface area contributed by atoms with E-state index in [1.54, 1.807) is 72.8 Å². The van der Waals surface area contributed by atoms with Gasteiger partial charge >= 0.3 is 11.9 Å². The molecule has 1 saturated heterocycles. The van der Waals surface area contributed by atoms with Gasteiger partial charge in [-0.15, -0.1) is 0 Å². The molecule has 4 amide bonds. The van der Waals surface area contributed by atoms with Crippen LogP contribution in [0.1, 0.15) is 74.7 Å². The Hall–Kier alpha value is -4.94. The van der Waals surface area contributed by atoms with Crippen molar-refractivity contribution in [3.63, 3.8) is 0 Å². The van der Waals surface area contributed by atoms with E-state index in [-0.39, 0.29) is 31.1 Å². The van der Waals surface area contributed by atoms with Crippen LogP contribution in [0.15, 0.2) is 72.8 Å². The van der Waals surface area contributed by atoms with Crippen molar-refractivity contribution in [3.05, 3.63) is 99.5 Å². The van der Waals surface area contributed by atoms with E-state index in [9.17, 15) is 39.0 Å². The number of nitrogens with one attached hydrogen (secondary N) is 2. The number of carboxylic acid groups (broad SMARTS) is 2. The fourth-order valence-electron chi connectivity index (χ4n) is 7.25. The number of carbonyl (C=O) groups excluding carboxylic acids is 4. The Morgan fingerprint density at radius 3 is 2.00 bits per heavy atom. The van der Waals surface area contributed by atoms with E-state index in [1.807, 2.05) is 0 Å². The van der Waals surface area contributed by atoms with Crippen molar-refractivity contribution >= 4 is 64.5 Å². The molecule has 0 spiro atoms. The van der Waals surface area contributed by atoms with E-state index in [0.29, 0.717) is 52.7 Å². The molecule has 1 aliphatic carbocycles. The van der Waals surface area contributed by atoms with Gasteiger partial charge in [0.15, 0.2) is 0 Å². The summed E-state index contributed by atoms with van der Waals surface area (Å²) in [6.45, 7) is 1.72. The van der Waals surface area contributed by atoms with Crippen molar-refractivity contribution in [1.29, 1.82) is 0 Å². The first-order valence-corrected chi connectivity index (χ1v) is 18.3. The summed E-state index contributed by atoms with van der Waals surface area (Å²) in [5.41, 5.74) is 1.56. The molecule has 0 radical (unpaired) electrons. The van der Waals surface area contributed by atoms with E-state index in [4.69, 9.17) is 23.2 Å². The molecule has 0 aromatic heterocycles. The Morgan fingerprint density at radius 2 is 1.43 bits per heavy atom. The zero-order valence-electron chi connectivity index (χ0n) is 29.2. The number of hydrogen-bond donors (Lipinski definition) is 4. The Balaban J connectivity index is 1.43. The molecule has 1 heterocycles. The van der Waals surface area contributed by atoms with Gasteiger partial charge in [0.1, 0.15) is 18.2 Å². The third-order valence-corrected chi connectivity index (χ3v) is 10.5. The van der Waals surface area contributed by atoms with Gasteiger partial charge in [-0.2, -0.15) is 0 Å². The van der Waals surface area contributed by atoms with E-state index >= 15 is 0 Å². The number of amides is 4. The number of anilines is 1. The first-order valence-electron chi connectivity index (χ1n) is 17.5. The maximum atomic E-state index is 14.4. The van der Waals surface area contributed by atoms with Gasteiger partial charge in [-0.25, -0.2) is 4.79 Å². The number of benzene rings is 3. The highest BCUT2D eigenvalue weighted by Gasteiger charge is 2.49. The van der Waals surface area contributed by atoms with Crippen LogP contribution in [0.3, 0.4) is 0 Å². The molecule has 2 aliphatic rings. The molecular weight excluding hydrogens is 723 g/mol. The van der Waals surface area contributed by atoms with Gasteiger partial charge in [0, 0.05) is 48.5 Å². The average molecular weight is 766 g/mol. The predicted octanol–water partition coefficient (Wildman–Crippen LogP) is 5.54. The topological polar surface area (TPSA) is 173 Å². The smallest absolute Gasteiger partial charge is 0.326 e. The number of hydrogen-bond acceptors (Lipinski definition) is 6. The van der Waals surface area contributed by atoms with Gasteiger partial charge in [-0.05, 0) is 72.4 Å². The third kappa shape index (κ3) is 9.54. The van der Waals surface area contributed by atoms with Crippen molar-refractivity contribution in [2.24, 2.45) is 5.41 Å². The highest BCUT2D eigenvalue weighted by Crippen LogP contribution is 2.42. The molecule has 280 valence electrons. The summed E-state index contributed by atoms with van der Waals surface area (Å²) in [5.74, 6) is -3.81. The monoisotopic (exact) mass is 764 g/mol. The fraction of sp³-hybridized carbons (Fsp3) is 0.385. The number of carbonyl (C=O) groups is 6. The molecule has 14 heteroatoms. The minimum atomic E-state index is -1.23. The summed E-state index contributed by atoms with van der Waals surface area (Å²) in [6, 6.07) is 18.1. The summed E-state index contributed by atoms with van der Waals surface area (Å²) >= 11 is 12.3. The van der Waals surface area contributed by atoms with E-state index in [2.05, 4.69) is 10.6 Å². The van der Waals surface area contributed by atoms with Crippen molar-refractivity contribution in [2.45, 2.75) is 83.0 Å². The summed E-state index contributed by atoms with van der Waals surface area (Å²) < 4.78 is 0. The van der Waals surface area contributed by atoms with Gasteiger partial charge in [0.05, 0.1) is 11.8 Å². The van der Waals surface area contributed by atoms with Crippen LogP contribution in [0, 0.1) is 5.41 Å². The second-order valence-corrected chi connectivity index (χ2v) is 14.5. The molecule has 5 rings (SSSR count). The zero-order chi connectivity index (χ0) is 38.3. The van der Waals surface area contributed by atoms with Crippen LogP contribution in [0.5, 0.6) is 0 Å². The Kier molecular flexibility index (Phi) is 12.8.